The fraction of sp³-hybridized carbons (Fsp3) is 0.167. The van der Waals surface area contributed by atoms with Crippen molar-refractivity contribution >= 4 is 49.7 Å². The molecule has 0 saturated heterocycles. The van der Waals surface area contributed by atoms with E-state index in [0.29, 0.717) is 33.4 Å². The Bertz CT molecular complexity index is 1480. The van der Waals surface area contributed by atoms with Crippen LogP contribution in [0.1, 0.15) is 13.8 Å². The summed E-state index contributed by atoms with van der Waals surface area (Å²) in [4.78, 5) is 23.5. The van der Waals surface area contributed by atoms with Crippen LogP contribution in [0.15, 0.2) is 76.0 Å². The first-order chi connectivity index (χ1) is 16.1. The largest absolute Gasteiger partial charge is 0.480 e. The number of carbonyl (C=O) groups excluding carboxylic acids is 1. The van der Waals surface area contributed by atoms with E-state index in [4.69, 9.17) is 9.15 Å². The molecular formula is C24H22N2O7S. The van der Waals surface area contributed by atoms with E-state index in [-0.39, 0.29) is 4.90 Å². The molecule has 3 aromatic carbocycles. The topological polar surface area (TPSA) is 135 Å². The van der Waals surface area contributed by atoms with Gasteiger partial charge in [-0.1, -0.05) is 32.0 Å². The first-order valence-electron chi connectivity index (χ1n) is 10.4. The van der Waals surface area contributed by atoms with Crippen molar-refractivity contribution in [1.29, 1.82) is 0 Å². The lowest BCUT2D eigenvalue weighted by atomic mass is 10.1. The number of hydrogen-bond donors (Lipinski definition) is 3. The van der Waals surface area contributed by atoms with Gasteiger partial charge in [-0.15, -0.1) is 0 Å². The number of ether oxygens (including phenoxy) is 1. The van der Waals surface area contributed by atoms with E-state index in [1.165, 1.54) is 18.2 Å². The van der Waals surface area contributed by atoms with Gasteiger partial charge in [0.15, 0.2) is 0 Å². The van der Waals surface area contributed by atoms with Gasteiger partial charge in [0.2, 0.25) is 10.0 Å². The highest BCUT2D eigenvalue weighted by atomic mass is 32.2. The van der Waals surface area contributed by atoms with Crippen LogP contribution in [0, 0.1) is 5.92 Å². The van der Waals surface area contributed by atoms with Crippen molar-refractivity contribution in [2.24, 2.45) is 5.92 Å². The van der Waals surface area contributed by atoms with E-state index in [9.17, 15) is 23.1 Å². The Morgan fingerprint density at radius 3 is 2.35 bits per heavy atom. The molecule has 4 aromatic rings. The zero-order valence-electron chi connectivity index (χ0n) is 18.3. The van der Waals surface area contributed by atoms with Crippen molar-refractivity contribution in [3.05, 3.63) is 66.7 Å². The van der Waals surface area contributed by atoms with E-state index < -0.39 is 34.0 Å². The van der Waals surface area contributed by atoms with Gasteiger partial charge < -0.3 is 14.3 Å². The van der Waals surface area contributed by atoms with E-state index in [0.717, 1.165) is 0 Å². The lowest BCUT2D eigenvalue weighted by Gasteiger charge is -2.17. The van der Waals surface area contributed by atoms with Gasteiger partial charge in [0, 0.05) is 22.5 Å². The number of carboxylic acid groups (broad SMARTS) is 1. The number of rotatable bonds is 7. The first-order valence-corrected chi connectivity index (χ1v) is 11.9. The summed E-state index contributed by atoms with van der Waals surface area (Å²) in [7, 11) is -4.09. The Balaban J connectivity index is 1.60. The highest BCUT2D eigenvalue weighted by Gasteiger charge is 2.28. The molecule has 0 aliphatic carbocycles. The SMILES string of the molecule is CC(C)[C@H](NS(=O)(=O)c1ccc2oc3cc(NC(=O)Oc4ccccc4)ccc3c2c1)C(=O)O. The Morgan fingerprint density at radius 2 is 1.68 bits per heavy atom. The van der Waals surface area contributed by atoms with Gasteiger partial charge in [0.1, 0.15) is 23.0 Å². The van der Waals surface area contributed by atoms with Crippen LogP contribution in [-0.4, -0.2) is 31.6 Å². The van der Waals surface area contributed by atoms with Crippen molar-refractivity contribution in [2.75, 3.05) is 5.32 Å². The molecule has 176 valence electrons. The second kappa shape index (κ2) is 9.16. The van der Waals surface area contributed by atoms with Crippen LogP contribution in [-0.2, 0) is 14.8 Å². The average Bonchev–Trinajstić information content (AvgIpc) is 3.14. The fourth-order valence-corrected chi connectivity index (χ4v) is 4.81. The smallest absolute Gasteiger partial charge is 0.417 e. The Morgan fingerprint density at radius 1 is 0.941 bits per heavy atom. The molecule has 0 unspecified atom stereocenters. The maximum Gasteiger partial charge on any atom is 0.417 e. The van der Waals surface area contributed by atoms with E-state index >= 15 is 0 Å². The minimum absolute atomic E-state index is 0.0803. The van der Waals surface area contributed by atoms with Crippen LogP contribution in [0.5, 0.6) is 5.75 Å². The van der Waals surface area contributed by atoms with Gasteiger partial charge in [-0.3, -0.25) is 10.1 Å². The third-order valence-corrected chi connectivity index (χ3v) is 6.61. The number of para-hydroxylation sites is 1. The van der Waals surface area contributed by atoms with Crippen molar-refractivity contribution in [3.63, 3.8) is 0 Å². The molecule has 1 amide bonds. The molecule has 1 aromatic heterocycles. The number of sulfonamides is 1. The number of furan rings is 1. The van der Waals surface area contributed by atoms with Gasteiger partial charge in [0.25, 0.3) is 0 Å². The van der Waals surface area contributed by atoms with Crippen molar-refractivity contribution in [2.45, 2.75) is 24.8 Å². The van der Waals surface area contributed by atoms with Crippen LogP contribution >= 0.6 is 0 Å². The number of carboxylic acids is 1. The molecule has 4 rings (SSSR count). The summed E-state index contributed by atoms with van der Waals surface area (Å²) >= 11 is 0. The van der Waals surface area contributed by atoms with Crippen LogP contribution < -0.4 is 14.8 Å². The van der Waals surface area contributed by atoms with E-state index in [2.05, 4.69) is 10.0 Å². The maximum absolute atomic E-state index is 12.8. The molecule has 0 aliphatic heterocycles. The summed E-state index contributed by atoms with van der Waals surface area (Å²) in [5.74, 6) is -1.29. The fourth-order valence-electron chi connectivity index (χ4n) is 3.45. The molecule has 0 aliphatic rings. The Labute approximate surface area is 195 Å². The molecular weight excluding hydrogens is 460 g/mol. The number of carbonyl (C=O) groups is 2. The molecule has 0 radical (unpaired) electrons. The number of benzene rings is 3. The van der Waals surface area contributed by atoms with Crippen molar-refractivity contribution < 1.29 is 32.3 Å². The number of hydrogen-bond acceptors (Lipinski definition) is 6. The van der Waals surface area contributed by atoms with Gasteiger partial charge in [-0.25, -0.2) is 13.2 Å². The highest BCUT2D eigenvalue weighted by Crippen LogP contribution is 2.32. The molecule has 9 nitrogen and oxygen atoms in total. The lowest BCUT2D eigenvalue weighted by molar-refractivity contribution is -0.140. The van der Waals surface area contributed by atoms with Gasteiger partial charge in [-0.2, -0.15) is 4.72 Å². The summed E-state index contributed by atoms with van der Waals surface area (Å²) in [5, 5.41) is 13.1. The lowest BCUT2D eigenvalue weighted by Crippen LogP contribution is -2.44. The number of amides is 1. The normalized spacial score (nSPS) is 12.7. The molecule has 34 heavy (non-hydrogen) atoms. The molecule has 10 heteroatoms. The van der Waals surface area contributed by atoms with E-state index in [1.54, 1.807) is 56.3 Å². The molecule has 0 bridgehead atoms. The number of anilines is 1. The minimum atomic E-state index is -4.09. The van der Waals surface area contributed by atoms with Gasteiger partial charge >= 0.3 is 12.1 Å². The molecule has 1 heterocycles. The van der Waals surface area contributed by atoms with Crippen molar-refractivity contribution in [3.8, 4) is 5.75 Å². The number of aliphatic carboxylic acids is 1. The van der Waals surface area contributed by atoms with Gasteiger partial charge in [-0.05, 0) is 48.4 Å². The average molecular weight is 483 g/mol. The summed E-state index contributed by atoms with van der Waals surface area (Å²) in [6.07, 6.45) is -0.667. The van der Waals surface area contributed by atoms with Crippen LogP contribution in [0.3, 0.4) is 0 Å². The van der Waals surface area contributed by atoms with Crippen LogP contribution in [0.25, 0.3) is 21.9 Å². The molecule has 0 spiro atoms. The Kier molecular flexibility index (Phi) is 6.27. The third-order valence-electron chi connectivity index (χ3n) is 5.17. The summed E-state index contributed by atoms with van der Waals surface area (Å²) < 4.78 is 38.9. The molecule has 3 N–H and O–H groups in total. The number of fused-ring (bicyclic) bond motifs is 3. The third kappa shape index (κ3) is 4.87. The monoisotopic (exact) mass is 482 g/mol. The number of nitrogens with one attached hydrogen (secondary N) is 2. The summed E-state index contributed by atoms with van der Waals surface area (Å²) in [6, 6.07) is 16.6. The second-order valence-corrected chi connectivity index (χ2v) is 9.69. The highest BCUT2D eigenvalue weighted by molar-refractivity contribution is 7.89. The predicted octanol–water partition coefficient (Wildman–Crippen LogP) is 4.58. The van der Waals surface area contributed by atoms with E-state index in [1.807, 2.05) is 6.07 Å². The second-order valence-electron chi connectivity index (χ2n) is 7.98. The molecule has 0 fully saturated rings. The zero-order valence-corrected chi connectivity index (χ0v) is 19.1. The zero-order chi connectivity index (χ0) is 24.5. The summed E-state index contributed by atoms with van der Waals surface area (Å²) in [6.45, 7) is 3.24. The predicted molar refractivity (Wildman–Crippen MR) is 126 cm³/mol. The van der Waals surface area contributed by atoms with Crippen LogP contribution in [0.2, 0.25) is 0 Å². The maximum atomic E-state index is 12.8. The van der Waals surface area contributed by atoms with Crippen molar-refractivity contribution in [1.82, 2.24) is 4.72 Å². The van der Waals surface area contributed by atoms with Crippen LogP contribution in [0.4, 0.5) is 10.5 Å². The molecule has 1 atom stereocenters. The quantitative estimate of drug-likeness (QED) is 0.351. The Hall–Kier alpha value is -3.89. The van der Waals surface area contributed by atoms with Gasteiger partial charge in [0.05, 0.1) is 4.90 Å². The summed E-state index contributed by atoms with van der Waals surface area (Å²) in [5.41, 5.74) is 1.31. The standard InChI is InChI=1S/C24H22N2O7S/c1-14(2)22(23(27)28)26-34(30,31)17-9-11-20-19(13-17)18-10-8-15(12-21(18)33-20)25-24(29)32-16-6-4-3-5-7-16/h3-14,22,26H,1-2H3,(H,25,29)(H,27,28)/t22-/m0/s1. The first kappa shape index (κ1) is 23.3. The molecule has 0 saturated carbocycles. The minimum Gasteiger partial charge on any atom is -0.480 e.